The molecular formula is C27H34ClN5O5. The third-order valence-electron chi connectivity index (χ3n) is 5.95. The number of nitrogens with one attached hydrogen (secondary N) is 1. The molecular weight excluding hydrogens is 510 g/mol. The molecule has 0 bridgehead atoms. The number of ether oxygens (including phenoxy) is 2. The lowest BCUT2D eigenvalue weighted by Gasteiger charge is -2.36. The van der Waals surface area contributed by atoms with Crippen LogP contribution in [0.3, 0.4) is 0 Å². The Balaban J connectivity index is 1.42. The zero-order valence-electron chi connectivity index (χ0n) is 22.6. The van der Waals surface area contributed by atoms with E-state index in [0.29, 0.717) is 53.8 Å². The van der Waals surface area contributed by atoms with Gasteiger partial charge in [0.1, 0.15) is 17.0 Å². The fourth-order valence-corrected chi connectivity index (χ4v) is 4.43. The van der Waals surface area contributed by atoms with E-state index in [4.69, 9.17) is 21.1 Å². The number of hydrogen-bond acceptors (Lipinski definition) is 8. The third-order valence-corrected chi connectivity index (χ3v) is 6.31. The zero-order valence-corrected chi connectivity index (χ0v) is 23.4. The van der Waals surface area contributed by atoms with Gasteiger partial charge in [-0.2, -0.15) is 0 Å². The van der Waals surface area contributed by atoms with Crippen molar-refractivity contribution in [2.24, 2.45) is 0 Å². The first kappa shape index (κ1) is 27.5. The molecule has 0 atom stereocenters. The predicted molar refractivity (Wildman–Crippen MR) is 145 cm³/mol. The van der Waals surface area contributed by atoms with Gasteiger partial charge in [-0.1, -0.05) is 11.6 Å². The number of imide groups is 1. The minimum Gasteiger partial charge on any atom is -0.444 e. The highest BCUT2D eigenvalue weighted by Gasteiger charge is 2.38. The number of nitrogens with zero attached hydrogens (tertiary/aromatic N) is 4. The van der Waals surface area contributed by atoms with Crippen LogP contribution in [0.1, 0.15) is 57.5 Å². The molecule has 0 unspecified atom stereocenters. The molecule has 1 fully saturated rings. The number of pyridine rings is 1. The Labute approximate surface area is 227 Å². The van der Waals surface area contributed by atoms with Crippen molar-refractivity contribution in [2.45, 2.75) is 59.3 Å². The van der Waals surface area contributed by atoms with Gasteiger partial charge in [0.05, 0.1) is 29.7 Å². The van der Waals surface area contributed by atoms with Gasteiger partial charge in [-0.25, -0.2) is 19.5 Å². The minimum absolute atomic E-state index is 0.0407. The average molecular weight is 544 g/mol. The Hall–Kier alpha value is -3.53. The molecule has 2 aliphatic rings. The third kappa shape index (κ3) is 6.30. The molecule has 0 saturated carbocycles. The van der Waals surface area contributed by atoms with Crippen molar-refractivity contribution in [3.05, 3.63) is 46.6 Å². The van der Waals surface area contributed by atoms with E-state index in [0.717, 1.165) is 10.6 Å². The summed E-state index contributed by atoms with van der Waals surface area (Å²) in [5.74, 6) is 0.0629. The van der Waals surface area contributed by atoms with Crippen LogP contribution in [-0.2, 0) is 16.0 Å². The molecule has 204 valence electrons. The number of amides is 3. The maximum Gasteiger partial charge on any atom is 0.417 e. The second-order valence-electron chi connectivity index (χ2n) is 11.3. The summed E-state index contributed by atoms with van der Waals surface area (Å²) in [6.45, 7) is 13.3. The number of benzene rings is 1. The number of aromatic nitrogens is 1. The van der Waals surface area contributed by atoms with Gasteiger partial charge in [0, 0.05) is 36.8 Å². The molecule has 0 radical (unpaired) electrons. The van der Waals surface area contributed by atoms with Gasteiger partial charge in [-0.05, 0) is 65.8 Å². The molecule has 3 heterocycles. The van der Waals surface area contributed by atoms with Crippen molar-refractivity contribution in [2.75, 3.05) is 36.4 Å². The molecule has 0 aliphatic carbocycles. The number of rotatable bonds is 3. The van der Waals surface area contributed by atoms with E-state index in [2.05, 4.69) is 15.2 Å². The molecule has 38 heavy (non-hydrogen) atoms. The van der Waals surface area contributed by atoms with E-state index >= 15 is 0 Å². The van der Waals surface area contributed by atoms with Crippen LogP contribution in [0.25, 0.3) is 0 Å². The van der Waals surface area contributed by atoms with Gasteiger partial charge in [-0.3, -0.25) is 4.79 Å². The normalized spacial score (nSPS) is 15.9. The first-order chi connectivity index (χ1) is 17.7. The smallest absolute Gasteiger partial charge is 0.417 e. The number of fused-ring (bicyclic) bond motifs is 1. The summed E-state index contributed by atoms with van der Waals surface area (Å²) in [7, 11) is 0. The Kier molecular flexibility index (Phi) is 7.47. The summed E-state index contributed by atoms with van der Waals surface area (Å²) in [6, 6.07) is 7.14. The Morgan fingerprint density at radius 3 is 2.13 bits per heavy atom. The standard InChI is InChI=1S/C27H34ClN5O5/c1-26(2,3)37-24(35)32-13-11-31(12-14-32)17-7-10-21(29-15-17)30-20-9-8-19(28)18-16-33(23(34)22(18)20)25(36)38-27(4,5)6/h7-10,15H,11-14,16H2,1-6H3,(H,29,30). The summed E-state index contributed by atoms with van der Waals surface area (Å²) in [6.07, 6.45) is 0.733. The largest absolute Gasteiger partial charge is 0.444 e. The molecule has 3 amide bonds. The van der Waals surface area contributed by atoms with Gasteiger partial charge in [0.2, 0.25) is 0 Å². The number of halogens is 1. The Bertz CT molecular complexity index is 1230. The lowest BCUT2D eigenvalue weighted by Crippen LogP contribution is -2.50. The highest BCUT2D eigenvalue weighted by Crippen LogP contribution is 2.36. The Morgan fingerprint density at radius 1 is 0.921 bits per heavy atom. The first-order valence-corrected chi connectivity index (χ1v) is 12.9. The fourth-order valence-electron chi connectivity index (χ4n) is 4.21. The van der Waals surface area contributed by atoms with Crippen LogP contribution in [-0.4, -0.2) is 70.3 Å². The molecule has 4 rings (SSSR count). The highest BCUT2D eigenvalue weighted by molar-refractivity contribution is 6.32. The number of anilines is 3. The summed E-state index contributed by atoms with van der Waals surface area (Å²) < 4.78 is 10.9. The molecule has 11 heteroatoms. The second kappa shape index (κ2) is 10.3. The quantitative estimate of drug-likeness (QED) is 0.546. The number of carbonyl (C=O) groups excluding carboxylic acids is 3. The van der Waals surface area contributed by atoms with E-state index in [1.165, 1.54) is 0 Å². The van der Waals surface area contributed by atoms with Crippen LogP contribution in [0.2, 0.25) is 5.02 Å². The van der Waals surface area contributed by atoms with Crippen molar-refractivity contribution < 1.29 is 23.9 Å². The SMILES string of the molecule is CC(C)(C)OC(=O)N1CCN(c2ccc(Nc3ccc(Cl)c4c3C(=O)N(C(=O)OC(C)(C)C)C4)nc2)CC1. The summed E-state index contributed by atoms with van der Waals surface area (Å²) in [5, 5.41) is 3.59. The lowest BCUT2D eigenvalue weighted by molar-refractivity contribution is 0.0230. The maximum atomic E-state index is 13.2. The van der Waals surface area contributed by atoms with E-state index < -0.39 is 23.2 Å². The van der Waals surface area contributed by atoms with Crippen molar-refractivity contribution in [3.8, 4) is 0 Å². The summed E-state index contributed by atoms with van der Waals surface area (Å²) >= 11 is 6.37. The molecule has 1 saturated heterocycles. The van der Waals surface area contributed by atoms with Gasteiger partial charge in [-0.15, -0.1) is 0 Å². The van der Waals surface area contributed by atoms with Crippen molar-refractivity contribution in [1.29, 1.82) is 0 Å². The van der Waals surface area contributed by atoms with Crippen molar-refractivity contribution >= 4 is 46.9 Å². The second-order valence-corrected chi connectivity index (χ2v) is 11.7. The van der Waals surface area contributed by atoms with Crippen molar-refractivity contribution in [1.82, 2.24) is 14.8 Å². The van der Waals surface area contributed by atoms with Gasteiger partial charge < -0.3 is 24.6 Å². The summed E-state index contributed by atoms with van der Waals surface area (Å²) in [5.41, 5.74) is 1.06. The highest BCUT2D eigenvalue weighted by atomic mass is 35.5. The summed E-state index contributed by atoms with van der Waals surface area (Å²) in [4.78, 5) is 47.5. The van der Waals surface area contributed by atoms with Crippen LogP contribution >= 0.6 is 11.6 Å². The van der Waals surface area contributed by atoms with Gasteiger partial charge >= 0.3 is 12.2 Å². The average Bonchev–Trinajstić information content (AvgIpc) is 3.18. The van der Waals surface area contributed by atoms with Gasteiger partial charge in [0.25, 0.3) is 5.91 Å². The molecule has 1 aromatic heterocycles. The van der Waals surface area contributed by atoms with E-state index in [1.807, 2.05) is 32.9 Å². The van der Waals surface area contributed by atoms with Gasteiger partial charge in [0.15, 0.2) is 0 Å². The molecule has 10 nitrogen and oxygen atoms in total. The topological polar surface area (TPSA) is 104 Å². The van der Waals surface area contributed by atoms with Crippen LogP contribution in [0.5, 0.6) is 0 Å². The van der Waals surface area contributed by atoms with Crippen LogP contribution in [0, 0.1) is 0 Å². The monoisotopic (exact) mass is 543 g/mol. The van der Waals surface area contributed by atoms with E-state index in [9.17, 15) is 14.4 Å². The Morgan fingerprint density at radius 2 is 1.55 bits per heavy atom. The minimum atomic E-state index is -0.731. The van der Waals surface area contributed by atoms with Crippen LogP contribution in [0.15, 0.2) is 30.5 Å². The van der Waals surface area contributed by atoms with E-state index in [1.54, 1.807) is 44.0 Å². The first-order valence-electron chi connectivity index (χ1n) is 12.5. The molecule has 0 spiro atoms. The van der Waals surface area contributed by atoms with Crippen LogP contribution < -0.4 is 10.2 Å². The molecule has 2 aliphatic heterocycles. The fraction of sp³-hybridized carbons (Fsp3) is 0.481. The van der Waals surface area contributed by atoms with E-state index in [-0.39, 0.29) is 12.6 Å². The zero-order chi connectivity index (χ0) is 27.8. The number of hydrogen-bond donors (Lipinski definition) is 1. The number of piperazine rings is 1. The molecule has 1 aromatic carbocycles. The number of carbonyl (C=O) groups is 3. The molecule has 2 aromatic rings. The molecule has 1 N–H and O–H groups in total. The van der Waals surface area contributed by atoms with Crippen LogP contribution in [0.4, 0.5) is 26.8 Å². The van der Waals surface area contributed by atoms with Crippen molar-refractivity contribution in [3.63, 3.8) is 0 Å². The predicted octanol–water partition coefficient (Wildman–Crippen LogP) is 5.43. The lowest BCUT2D eigenvalue weighted by atomic mass is 10.1. The maximum absolute atomic E-state index is 13.2.